The molecule has 1 aliphatic rings. The Balaban J connectivity index is 1.94. The molecular weight excluding hydrogens is 459 g/mol. The maximum Gasteiger partial charge on any atom is 0.220 e. The van der Waals surface area contributed by atoms with Crippen molar-refractivity contribution in [1.29, 1.82) is 0 Å². The smallest absolute Gasteiger partial charge is 0.220 e. The fourth-order valence-corrected chi connectivity index (χ4v) is 4.24. The maximum atomic E-state index is 13.2. The van der Waals surface area contributed by atoms with Gasteiger partial charge in [-0.15, -0.1) is 0 Å². The number of nitrogens with one attached hydrogen (secondary N) is 1. The quantitative estimate of drug-likeness (QED) is 0.475. The molecule has 0 saturated carbocycles. The van der Waals surface area contributed by atoms with Gasteiger partial charge in [0.2, 0.25) is 11.8 Å². The first kappa shape index (κ1) is 23.3. The van der Waals surface area contributed by atoms with E-state index in [2.05, 4.69) is 5.32 Å². The lowest BCUT2D eigenvalue weighted by atomic mass is 9.84. The Morgan fingerprint density at radius 1 is 1.00 bits per heavy atom. The molecule has 0 saturated heterocycles. The Morgan fingerprint density at radius 3 is 2.27 bits per heavy atom. The molecule has 0 radical (unpaired) electrons. The van der Waals surface area contributed by atoms with E-state index >= 15 is 0 Å². The third kappa shape index (κ3) is 4.61. The van der Waals surface area contributed by atoms with E-state index in [4.69, 9.17) is 32.9 Å². The van der Waals surface area contributed by atoms with Gasteiger partial charge in [-0.3, -0.25) is 9.59 Å². The molecule has 5 nitrogen and oxygen atoms in total. The molecule has 0 fully saturated rings. The van der Waals surface area contributed by atoms with Gasteiger partial charge in [0.15, 0.2) is 11.9 Å². The molecule has 1 N–H and O–H groups in total. The summed E-state index contributed by atoms with van der Waals surface area (Å²) in [5.41, 5.74) is 3.00. The summed E-state index contributed by atoms with van der Waals surface area (Å²) in [6.45, 7) is 6.90. The lowest BCUT2D eigenvalue weighted by Crippen LogP contribution is -2.43. The Hall–Kier alpha value is -2.89. The first-order valence-electron chi connectivity index (χ1n) is 10.6. The van der Waals surface area contributed by atoms with Gasteiger partial charge in [0.1, 0.15) is 6.04 Å². The van der Waals surface area contributed by atoms with Crippen LogP contribution >= 0.6 is 23.2 Å². The first-order valence-corrected chi connectivity index (χ1v) is 11.4. The van der Waals surface area contributed by atoms with Crippen molar-refractivity contribution in [1.82, 2.24) is 10.3 Å². The standard InChI is InChI=1S/C26H24Cl2N2O3/c1-14(31)29-22-19-13-18(15-9-11-16(27)12-10-15)21(17-7-5-6-8-20(17)28)30-25(19)33-23(22)24(32)26(2,3)4/h5-13,22-23H,1-4H3,(H,29,31). The minimum absolute atomic E-state index is 0.119. The topological polar surface area (TPSA) is 68.3 Å². The zero-order chi connectivity index (χ0) is 23.9. The normalized spacial score (nSPS) is 17.3. The van der Waals surface area contributed by atoms with Crippen molar-refractivity contribution in [3.05, 3.63) is 70.2 Å². The number of rotatable bonds is 4. The molecule has 1 aliphatic heterocycles. The van der Waals surface area contributed by atoms with E-state index in [9.17, 15) is 9.59 Å². The van der Waals surface area contributed by atoms with Crippen LogP contribution in [0.15, 0.2) is 54.6 Å². The molecule has 7 heteroatoms. The summed E-state index contributed by atoms with van der Waals surface area (Å²) >= 11 is 12.6. The summed E-state index contributed by atoms with van der Waals surface area (Å²) in [6, 6.07) is 16.1. The van der Waals surface area contributed by atoms with Crippen molar-refractivity contribution in [2.45, 2.75) is 39.8 Å². The van der Waals surface area contributed by atoms with Crippen molar-refractivity contribution in [3.63, 3.8) is 0 Å². The molecule has 170 valence electrons. The zero-order valence-electron chi connectivity index (χ0n) is 18.8. The summed E-state index contributed by atoms with van der Waals surface area (Å²) in [4.78, 5) is 30.0. The van der Waals surface area contributed by atoms with Crippen molar-refractivity contribution in [2.75, 3.05) is 0 Å². The second-order valence-corrected chi connectivity index (χ2v) is 9.94. The molecule has 1 aromatic heterocycles. The van der Waals surface area contributed by atoms with Crippen molar-refractivity contribution in [3.8, 4) is 28.3 Å². The monoisotopic (exact) mass is 482 g/mol. The number of Topliss-reactive ketones (excluding diaryl/α,β-unsaturated/α-hetero) is 1. The average Bonchev–Trinajstić information content (AvgIpc) is 3.09. The summed E-state index contributed by atoms with van der Waals surface area (Å²) in [5.74, 6) is -0.0676. The Morgan fingerprint density at radius 2 is 1.67 bits per heavy atom. The Bertz CT molecular complexity index is 1230. The highest BCUT2D eigenvalue weighted by atomic mass is 35.5. The minimum Gasteiger partial charge on any atom is -0.463 e. The molecule has 1 amide bonds. The second-order valence-electron chi connectivity index (χ2n) is 9.10. The molecule has 0 spiro atoms. The zero-order valence-corrected chi connectivity index (χ0v) is 20.3. The molecule has 0 aliphatic carbocycles. The third-order valence-electron chi connectivity index (χ3n) is 5.53. The summed E-state index contributed by atoms with van der Waals surface area (Å²) < 4.78 is 6.08. The van der Waals surface area contributed by atoms with E-state index in [1.165, 1.54) is 6.92 Å². The molecular formula is C26H24Cl2N2O3. The molecule has 2 heterocycles. The lowest BCUT2D eigenvalue weighted by molar-refractivity contribution is -0.134. The van der Waals surface area contributed by atoms with E-state index in [0.29, 0.717) is 27.2 Å². The van der Waals surface area contributed by atoms with Crippen LogP contribution in [0.4, 0.5) is 0 Å². The summed E-state index contributed by atoms with van der Waals surface area (Å²) in [7, 11) is 0. The number of ketones is 1. The van der Waals surface area contributed by atoms with E-state index in [1.807, 2.05) is 57.2 Å². The van der Waals surface area contributed by atoms with Gasteiger partial charge in [0, 0.05) is 39.1 Å². The molecule has 3 aromatic rings. The average molecular weight is 483 g/mol. The van der Waals surface area contributed by atoms with Crippen molar-refractivity contribution < 1.29 is 14.3 Å². The van der Waals surface area contributed by atoms with Gasteiger partial charge in [0.25, 0.3) is 0 Å². The number of benzene rings is 2. The Kier molecular flexibility index (Phi) is 6.21. The Labute approximate surface area is 203 Å². The van der Waals surface area contributed by atoms with Crippen LogP contribution in [0.5, 0.6) is 5.88 Å². The molecule has 2 atom stereocenters. The molecule has 2 unspecified atom stereocenters. The van der Waals surface area contributed by atoms with Crippen LogP contribution in [-0.2, 0) is 9.59 Å². The third-order valence-corrected chi connectivity index (χ3v) is 6.11. The number of carbonyl (C=O) groups is 2. The van der Waals surface area contributed by atoms with Gasteiger partial charge in [-0.2, -0.15) is 0 Å². The summed E-state index contributed by atoms with van der Waals surface area (Å²) in [6.07, 6.45) is -0.879. The second kappa shape index (κ2) is 8.81. The SMILES string of the molecule is CC(=O)NC1c2cc(-c3ccc(Cl)cc3)c(-c3ccccc3Cl)nc2OC1C(=O)C(C)(C)C. The summed E-state index contributed by atoms with van der Waals surface area (Å²) in [5, 5.41) is 4.04. The number of carbonyl (C=O) groups excluding carboxylic acids is 2. The number of halogens is 2. The number of pyridine rings is 1. The van der Waals surface area contributed by atoms with Crippen LogP contribution < -0.4 is 10.1 Å². The van der Waals surface area contributed by atoms with Gasteiger partial charge < -0.3 is 10.1 Å². The molecule has 2 aromatic carbocycles. The van der Waals surface area contributed by atoms with Crippen molar-refractivity contribution >= 4 is 34.9 Å². The highest BCUT2D eigenvalue weighted by molar-refractivity contribution is 6.33. The van der Waals surface area contributed by atoms with E-state index in [0.717, 1.165) is 16.7 Å². The van der Waals surface area contributed by atoms with Gasteiger partial charge in [-0.1, -0.05) is 74.3 Å². The van der Waals surface area contributed by atoms with Crippen LogP contribution in [0.3, 0.4) is 0 Å². The molecule has 0 bridgehead atoms. The number of nitrogens with zero attached hydrogens (tertiary/aromatic N) is 1. The fourth-order valence-electron chi connectivity index (χ4n) is 3.89. The van der Waals surface area contributed by atoms with Crippen LogP contribution in [0, 0.1) is 5.41 Å². The number of hydrogen-bond acceptors (Lipinski definition) is 4. The van der Waals surface area contributed by atoms with E-state index in [1.54, 1.807) is 18.2 Å². The van der Waals surface area contributed by atoms with E-state index in [-0.39, 0.29) is 11.7 Å². The predicted molar refractivity (Wildman–Crippen MR) is 131 cm³/mol. The van der Waals surface area contributed by atoms with E-state index < -0.39 is 17.6 Å². The van der Waals surface area contributed by atoms with Crippen LogP contribution in [-0.4, -0.2) is 22.8 Å². The van der Waals surface area contributed by atoms with Gasteiger partial charge in [-0.25, -0.2) is 4.98 Å². The van der Waals surface area contributed by atoms with Gasteiger partial charge in [-0.05, 0) is 29.8 Å². The first-order chi connectivity index (χ1) is 15.6. The number of ether oxygens (including phenoxy) is 1. The van der Waals surface area contributed by atoms with Crippen LogP contribution in [0.2, 0.25) is 10.0 Å². The van der Waals surface area contributed by atoms with Gasteiger partial charge >= 0.3 is 0 Å². The lowest BCUT2D eigenvalue weighted by Gasteiger charge is -2.25. The number of aromatic nitrogens is 1. The number of amides is 1. The van der Waals surface area contributed by atoms with Gasteiger partial charge in [0.05, 0.1) is 5.69 Å². The minimum atomic E-state index is -0.879. The number of hydrogen-bond donors (Lipinski definition) is 1. The predicted octanol–water partition coefficient (Wildman–Crippen LogP) is 6.28. The largest absolute Gasteiger partial charge is 0.463 e. The highest BCUT2D eigenvalue weighted by Gasteiger charge is 2.45. The van der Waals surface area contributed by atoms with Crippen LogP contribution in [0.1, 0.15) is 39.3 Å². The molecule has 33 heavy (non-hydrogen) atoms. The molecule has 4 rings (SSSR count). The highest BCUT2D eigenvalue weighted by Crippen LogP contribution is 2.44. The fraction of sp³-hybridized carbons (Fsp3) is 0.269. The maximum absolute atomic E-state index is 13.2. The van der Waals surface area contributed by atoms with Crippen molar-refractivity contribution in [2.24, 2.45) is 5.41 Å². The van der Waals surface area contributed by atoms with Crippen LogP contribution in [0.25, 0.3) is 22.4 Å². The number of fused-ring (bicyclic) bond motifs is 1.